The van der Waals surface area contributed by atoms with Gasteiger partial charge in [0.25, 0.3) is 0 Å². The number of imide groups is 1. The second-order valence-corrected chi connectivity index (χ2v) is 7.61. The number of alkyl halides is 2. The third-order valence-electron chi connectivity index (χ3n) is 5.56. The molecule has 0 aliphatic carbocycles. The lowest BCUT2D eigenvalue weighted by molar-refractivity contribution is -0.286. The molecule has 0 spiro atoms. The van der Waals surface area contributed by atoms with E-state index in [0.29, 0.717) is 17.8 Å². The molecule has 2 unspecified atom stereocenters. The Labute approximate surface area is 193 Å². The van der Waals surface area contributed by atoms with E-state index in [1.54, 1.807) is 32.3 Å². The molecule has 34 heavy (non-hydrogen) atoms. The van der Waals surface area contributed by atoms with E-state index in [-0.39, 0.29) is 18.1 Å². The fourth-order valence-electron chi connectivity index (χ4n) is 3.85. The van der Waals surface area contributed by atoms with Crippen molar-refractivity contribution in [2.24, 2.45) is 5.92 Å². The molecule has 1 fully saturated rings. The average molecular weight is 478 g/mol. The molecule has 1 aromatic heterocycles. The second-order valence-electron chi connectivity index (χ2n) is 7.61. The van der Waals surface area contributed by atoms with Gasteiger partial charge in [0.1, 0.15) is 12.6 Å². The first-order chi connectivity index (χ1) is 16.2. The van der Waals surface area contributed by atoms with Crippen molar-refractivity contribution < 1.29 is 37.7 Å². The number of benzene rings is 1. The highest BCUT2D eigenvalue weighted by Gasteiger charge is 2.50. The zero-order valence-electron chi connectivity index (χ0n) is 18.5. The van der Waals surface area contributed by atoms with Crippen molar-refractivity contribution in [3.8, 4) is 11.5 Å². The smallest absolute Gasteiger partial charge is 0.395 e. The number of urea groups is 1. The van der Waals surface area contributed by atoms with Crippen molar-refractivity contribution in [3.05, 3.63) is 47.7 Å². The van der Waals surface area contributed by atoms with Gasteiger partial charge in [-0.05, 0) is 48.7 Å². The minimum Gasteiger partial charge on any atom is -0.395 e. The molecule has 2 aromatic rings. The van der Waals surface area contributed by atoms with Gasteiger partial charge in [0.15, 0.2) is 11.5 Å². The van der Waals surface area contributed by atoms with E-state index in [1.165, 1.54) is 18.2 Å². The first-order valence-electron chi connectivity index (χ1n) is 10.3. The number of aromatic nitrogens is 1. The van der Waals surface area contributed by atoms with Gasteiger partial charge in [-0.1, -0.05) is 6.07 Å². The quantitative estimate of drug-likeness (QED) is 0.538. The Balaban J connectivity index is 0.00000158. The van der Waals surface area contributed by atoms with Crippen LogP contribution in [0, 0.1) is 5.92 Å². The first-order valence-corrected chi connectivity index (χ1v) is 10.3. The number of likely N-dealkylation sites (tertiary alicyclic amines) is 1. The zero-order valence-corrected chi connectivity index (χ0v) is 18.5. The Bertz CT molecular complexity index is 1070. The van der Waals surface area contributed by atoms with Crippen molar-refractivity contribution in [1.82, 2.24) is 15.2 Å². The Morgan fingerprint density at radius 1 is 1.26 bits per heavy atom. The molecule has 3 N–H and O–H groups in total. The summed E-state index contributed by atoms with van der Waals surface area (Å²) in [6, 6.07) is 5.80. The molecule has 3 heterocycles. The number of hydrogen-bond acceptors (Lipinski definition) is 8. The summed E-state index contributed by atoms with van der Waals surface area (Å²) in [6.45, 7) is 3.26. The third kappa shape index (κ3) is 4.91. The number of fused-ring (bicyclic) bond motifs is 1. The molecule has 3 amide bonds. The molecule has 0 saturated carbocycles. The number of pyridine rings is 1. The standard InChI is InChI=1S/C21H22F2N4O5.CH2O/c1-11(13-3-4-16-17(9-13)32-21(22,23)31-16)26-20(30)27-15(10-28)14(19(27)29)7-12-5-6-25-18(8-12)24-2;1-2/h3-6,8-9,11,14-15,28H,7,10H2,1-2H3,(H,24,25)(H,26,30);1H2/t11?,14-,15?;/m1./s1. The maximum Gasteiger partial charge on any atom is 0.586 e. The number of β-lactam (4-membered cyclic amide) rings is 1. The normalized spacial score (nSPS) is 20.5. The lowest BCUT2D eigenvalue weighted by Crippen LogP contribution is -2.67. The van der Waals surface area contributed by atoms with Crippen LogP contribution in [0.4, 0.5) is 19.4 Å². The van der Waals surface area contributed by atoms with Crippen LogP contribution >= 0.6 is 0 Å². The van der Waals surface area contributed by atoms with Gasteiger partial charge >= 0.3 is 12.3 Å². The van der Waals surface area contributed by atoms with Crippen LogP contribution in [-0.4, -0.2) is 59.7 Å². The summed E-state index contributed by atoms with van der Waals surface area (Å²) in [4.78, 5) is 38.5. The van der Waals surface area contributed by atoms with Crippen molar-refractivity contribution in [2.75, 3.05) is 19.0 Å². The number of anilines is 1. The lowest BCUT2D eigenvalue weighted by Gasteiger charge is -2.45. The molecular formula is C22H24F2N4O6. The fourth-order valence-corrected chi connectivity index (χ4v) is 3.85. The van der Waals surface area contributed by atoms with Crippen LogP contribution in [0.25, 0.3) is 0 Å². The van der Waals surface area contributed by atoms with E-state index < -0.39 is 36.2 Å². The Morgan fingerprint density at radius 2 is 1.97 bits per heavy atom. The molecule has 2 aliphatic heterocycles. The van der Waals surface area contributed by atoms with Gasteiger partial charge in [-0.3, -0.25) is 9.69 Å². The molecule has 2 aliphatic rings. The summed E-state index contributed by atoms with van der Waals surface area (Å²) in [5.41, 5.74) is 1.34. The highest BCUT2D eigenvalue weighted by molar-refractivity contribution is 6.01. The van der Waals surface area contributed by atoms with Crippen LogP contribution in [0.2, 0.25) is 0 Å². The van der Waals surface area contributed by atoms with E-state index in [4.69, 9.17) is 4.79 Å². The molecule has 0 bridgehead atoms. The van der Waals surface area contributed by atoms with Gasteiger partial charge in [0.05, 0.1) is 24.6 Å². The van der Waals surface area contributed by atoms with Crippen molar-refractivity contribution in [3.63, 3.8) is 0 Å². The highest BCUT2D eigenvalue weighted by atomic mass is 19.3. The molecule has 4 rings (SSSR count). The van der Waals surface area contributed by atoms with Gasteiger partial charge in [0, 0.05) is 13.2 Å². The topological polar surface area (TPSA) is 130 Å². The maximum atomic E-state index is 13.2. The summed E-state index contributed by atoms with van der Waals surface area (Å²) in [5, 5.41) is 15.4. The van der Waals surface area contributed by atoms with E-state index in [1.807, 2.05) is 6.79 Å². The van der Waals surface area contributed by atoms with Crippen LogP contribution in [0.3, 0.4) is 0 Å². The highest BCUT2D eigenvalue weighted by Crippen LogP contribution is 2.42. The van der Waals surface area contributed by atoms with Crippen LogP contribution in [0.5, 0.6) is 11.5 Å². The third-order valence-corrected chi connectivity index (χ3v) is 5.56. The number of carbonyl (C=O) groups is 3. The Hall–Kier alpha value is -3.80. The van der Waals surface area contributed by atoms with Gasteiger partial charge in [-0.15, -0.1) is 8.78 Å². The molecular weight excluding hydrogens is 454 g/mol. The summed E-state index contributed by atoms with van der Waals surface area (Å²) in [5.74, 6) is -0.529. The number of hydrogen-bond donors (Lipinski definition) is 3. The van der Waals surface area contributed by atoms with Crippen LogP contribution < -0.4 is 20.1 Å². The minimum absolute atomic E-state index is 0.101. The van der Waals surface area contributed by atoms with Gasteiger partial charge in [0.2, 0.25) is 5.91 Å². The van der Waals surface area contributed by atoms with Gasteiger partial charge < -0.3 is 30.0 Å². The molecule has 10 nitrogen and oxygen atoms in total. The number of halogens is 2. The molecule has 182 valence electrons. The fraction of sp³-hybridized carbons (Fsp3) is 0.364. The van der Waals surface area contributed by atoms with E-state index in [2.05, 4.69) is 25.1 Å². The number of amides is 3. The minimum atomic E-state index is -3.73. The average Bonchev–Trinajstić information content (AvgIpc) is 3.14. The van der Waals surface area contributed by atoms with Crippen molar-refractivity contribution >= 4 is 24.5 Å². The summed E-state index contributed by atoms with van der Waals surface area (Å²) in [7, 11) is 1.73. The van der Waals surface area contributed by atoms with Crippen LogP contribution in [-0.2, 0) is 16.0 Å². The number of nitrogens with zero attached hydrogens (tertiary/aromatic N) is 2. The summed E-state index contributed by atoms with van der Waals surface area (Å²) < 4.78 is 35.2. The number of nitrogens with one attached hydrogen (secondary N) is 2. The Kier molecular flexibility index (Phi) is 7.30. The molecule has 1 aromatic carbocycles. The van der Waals surface area contributed by atoms with E-state index in [9.17, 15) is 23.5 Å². The predicted molar refractivity (Wildman–Crippen MR) is 115 cm³/mol. The predicted octanol–water partition coefficient (Wildman–Crippen LogP) is 2.09. The summed E-state index contributed by atoms with van der Waals surface area (Å²) >= 11 is 0. The monoisotopic (exact) mass is 478 g/mol. The summed E-state index contributed by atoms with van der Waals surface area (Å²) in [6.07, 6.45) is -1.76. The molecule has 12 heteroatoms. The number of ether oxygens (including phenoxy) is 2. The molecule has 1 saturated heterocycles. The van der Waals surface area contributed by atoms with Crippen molar-refractivity contribution in [2.45, 2.75) is 31.7 Å². The van der Waals surface area contributed by atoms with Gasteiger partial charge in [-0.25, -0.2) is 9.78 Å². The maximum absolute atomic E-state index is 13.2. The van der Waals surface area contributed by atoms with E-state index in [0.717, 1.165) is 10.5 Å². The molecule has 3 atom stereocenters. The second kappa shape index (κ2) is 10.00. The first kappa shape index (κ1) is 24.8. The number of aliphatic hydroxyl groups excluding tert-OH is 1. The number of aliphatic hydroxyl groups is 1. The van der Waals surface area contributed by atoms with Crippen LogP contribution in [0.1, 0.15) is 24.1 Å². The SMILES string of the molecule is C=O.CNc1cc(C[C@H]2C(=O)N(C(=O)NC(C)c3ccc4c(c3)OC(F)(F)O4)C2CO)ccn1. The zero-order chi connectivity index (χ0) is 25.0. The number of carbonyl (C=O) groups excluding carboxylic acids is 3. The van der Waals surface area contributed by atoms with E-state index >= 15 is 0 Å². The Morgan fingerprint density at radius 3 is 2.65 bits per heavy atom. The largest absolute Gasteiger partial charge is 0.586 e. The van der Waals surface area contributed by atoms with Gasteiger partial charge in [-0.2, -0.15) is 0 Å². The van der Waals surface area contributed by atoms with Crippen molar-refractivity contribution in [1.29, 1.82) is 0 Å². The number of rotatable bonds is 6. The molecule has 0 radical (unpaired) electrons. The van der Waals surface area contributed by atoms with Crippen LogP contribution in [0.15, 0.2) is 36.5 Å². The lowest BCUT2D eigenvalue weighted by atomic mass is 9.83.